The molecule has 214 valence electrons. The van der Waals surface area contributed by atoms with Gasteiger partial charge in [0.25, 0.3) is 5.78 Å². The first kappa shape index (κ1) is 27.3. The van der Waals surface area contributed by atoms with Crippen LogP contribution in [-0.2, 0) is 9.59 Å². The number of imidazole rings is 1. The van der Waals surface area contributed by atoms with E-state index in [-0.39, 0.29) is 17.0 Å². The van der Waals surface area contributed by atoms with Crippen LogP contribution in [0, 0.1) is 13.8 Å². The summed E-state index contributed by atoms with van der Waals surface area (Å²) in [5, 5.41) is 12.1. The van der Waals surface area contributed by atoms with Crippen LogP contribution in [0.15, 0.2) is 60.3 Å². The number of benzene rings is 2. The molecule has 2 aromatic carbocycles. The molecule has 0 radical (unpaired) electrons. The van der Waals surface area contributed by atoms with E-state index < -0.39 is 17.7 Å². The number of rotatable bonds is 7. The summed E-state index contributed by atoms with van der Waals surface area (Å²) in [7, 11) is 3.03. The van der Waals surface area contributed by atoms with Gasteiger partial charge in [0.05, 0.1) is 48.4 Å². The van der Waals surface area contributed by atoms with Crippen LogP contribution in [0.2, 0.25) is 0 Å². The van der Waals surface area contributed by atoms with Crippen molar-refractivity contribution in [2.24, 2.45) is 0 Å². The molecule has 0 bridgehead atoms. The first-order valence-electron chi connectivity index (χ1n) is 13.3. The van der Waals surface area contributed by atoms with Crippen LogP contribution in [0.5, 0.6) is 17.2 Å². The smallest absolute Gasteiger partial charge is 0.301 e. The summed E-state index contributed by atoms with van der Waals surface area (Å²) in [5.41, 5.74) is 3.48. The molecule has 1 N–H and O–H groups in total. The second-order valence-electron chi connectivity index (χ2n) is 9.77. The number of aliphatic hydroxyl groups is 1. The second kappa shape index (κ2) is 10.5. The molecule has 1 saturated heterocycles. The van der Waals surface area contributed by atoms with Gasteiger partial charge >= 0.3 is 5.91 Å². The molecule has 1 amide bonds. The molecule has 6 rings (SSSR count). The Labute approximate surface area is 245 Å². The van der Waals surface area contributed by atoms with Gasteiger partial charge in [0, 0.05) is 6.20 Å². The van der Waals surface area contributed by atoms with Crippen molar-refractivity contribution >= 4 is 49.8 Å². The number of aromatic nitrogens is 3. The third-order valence-electron chi connectivity index (χ3n) is 7.34. The van der Waals surface area contributed by atoms with Gasteiger partial charge < -0.3 is 23.7 Å². The summed E-state index contributed by atoms with van der Waals surface area (Å²) in [6.07, 6.45) is 1.84. The largest absolute Gasteiger partial charge is 0.505 e. The number of nitrogens with zero attached hydrogens (tertiary/aromatic N) is 4. The number of thiazole rings is 1. The first-order valence-corrected chi connectivity index (χ1v) is 14.1. The van der Waals surface area contributed by atoms with Crippen molar-refractivity contribution in [1.82, 2.24) is 14.4 Å². The quantitative estimate of drug-likeness (QED) is 0.149. The molecule has 1 unspecified atom stereocenters. The summed E-state index contributed by atoms with van der Waals surface area (Å²) < 4.78 is 19.2. The fourth-order valence-electron chi connectivity index (χ4n) is 5.29. The Morgan fingerprint density at radius 3 is 2.52 bits per heavy atom. The highest BCUT2D eigenvalue weighted by Crippen LogP contribution is 2.46. The van der Waals surface area contributed by atoms with Crippen molar-refractivity contribution in [3.8, 4) is 17.2 Å². The van der Waals surface area contributed by atoms with E-state index in [1.165, 1.54) is 30.5 Å². The number of carbonyl (C=O) groups excluding carboxylic acids is 2. The van der Waals surface area contributed by atoms with Crippen molar-refractivity contribution in [2.45, 2.75) is 26.8 Å². The molecule has 4 heterocycles. The molecule has 0 spiro atoms. The maximum absolute atomic E-state index is 13.8. The van der Waals surface area contributed by atoms with E-state index in [1.54, 1.807) is 25.1 Å². The topological polar surface area (TPSA) is 115 Å². The zero-order valence-electron chi connectivity index (χ0n) is 23.7. The van der Waals surface area contributed by atoms with Crippen LogP contribution in [0.4, 0.5) is 5.13 Å². The molecule has 1 aliphatic rings. The lowest BCUT2D eigenvalue weighted by molar-refractivity contribution is -0.132. The molecule has 1 atom stereocenters. The summed E-state index contributed by atoms with van der Waals surface area (Å²) in [5.74, 6) is -0.445. The molecule has 0 saturated carbocycles. The average Bonchev–Trinajstić information content (AvgIpc) is 3.64. The lowest BCUT2D eigenvalue weighted by Crippen LogP contribution is -2.29. The van der Waals surface area contributed by atoms with Gasteiger partial charge in [0.15, 0.2) is 22.4 Å². The predicted octanol–water partition coefficient (Wildman–Crippen LogP) is 5.60. The molecule has 3 aromatic heterocycles. The third-order valence-corrected chi connectivity index (χ3v) is 8.36. The van der Waals surface area contributed by atoms with E-state index in [1.807, 2.05) is 54.8 Å². The number of hydrogen-bond donors (Lipinski definition) is 1. The third kappa shape index (κ3) is 4.24. The minimum absolute atomic E-state index is 0.0920. The SMILES string of the molecule is CCOc1ccc2nc(N3C(=O)C(=O)C(=C(O)c4nc5c(C)cccn5c4C)C3c3ccc(OC)c(OC)c3)sc2c1. The number of anilines is 1. The Morgan fingerprint density at radius 2 is 1.81 bits per heavy atom. The fraction of sp³-hybridized carbons (Fsp3) is 0.226. The van der Waals surface area contributed by atoms with Crippen LogP contribution in [-0.4, -0.2) is 52.0 Å². The van der Waals surface area contributed by atoms with E-state index in [0.717, 1.165) is 10.3 Å². The normalized spacial score (nSPS) is 16.5. The fourth-order valence-corrected chi connectivity index (χ4v) is 6.32. The number of aliphatic hydroxyl groups excluding tert-OH is 1. The van der Waals surface area contributed by atoms with Gasteiger partial charge in [-0.1, -0.05) is 23.5 Å². The Bertz CT molecular complexity index is 1920. The van der Waals surface area contributed by atoms with Crippen molar-refractivity contribution in [1.29, 1.82) is 0 Å². The molecular formula is C31H28N4O6S. The molecular weight excluding hydrogens is 556 g/mol. The number of carbonyl (C=O) groups is 2. The highest BCUT2D eigenvalue weighted by Gasteiger charge is 2.49. The lowest BCUT2D eigenvalue weighted by Gasteiger charge is -2.23. The Kier molecular flexibility index (Phi) is 6.82. The van der Waals surface area contributed by atoms with Crippen molar-refractivity contribution in [2.75, 3.05) is 25.7 Å². The van der Waals surface area contributed by atoms with E-state index >= 15 is 0 Å². The van der Waals surface area contributed by atoms with Gasteiger partial charge in [0.2, 0.25) is 0 Å². The van der Waals surface area contributed by atoms with Crippen molar-refractivity contribution in [3.05, 3.63) is 82.8 Å². The van der Waals surface area contributed by atoms with Crippen LogP contribution in [0.3, 0.4) is 0 Å². The van der Waals surface area contributed by atoms with Gasteiger partial charge in [-0.05, 0) is 68.3 Å². The Hall–Kier alpha value is -4.90. The minimum Gasteiger partial charge on any atom is -0.505 e. The zero-order chi connectivity index (χ0) is 29.7. The molecule has 0 aliphatic carbocycles. The van der Waals surface area contributed by atoms with Crippen LogP contribution < -0.4 is 19.1 Å². The van der Waals surface area contributed by atoms with Gasteiger partial charge in [-0.25, -0.2) is 9.97 Å². The maximum atomic E-state index is 13.8. The second-order valence-corrected chi connectivity index (χ2v) is 10.8. The van der Waals surface area contributed by atoms with E-state index in [4.69, 9.17) is 19.2 Å². The van der Waals surface area contributed by atoms with Gasteiger partial charge in [-0.2, -0.15) is 0 Å². The zero-order valence-corrected chi connectivity index (χ0v) is 24.5. The van der Waals surface area contributed by atoms with Crippen molar-refractivity contribution < 1.29 is 28.9 Å². The highest BCUT2D eigenvalue weighted by molar-refractivity contribution is 7.22. The summed E-state index contributed by atoms with van der Waals surface area (Å²) in [6, 6.07) is 13.4. The van der Waals surface area contributed by atoms with E-state index in [9.17, 15) is 14.7 Å². The number of hydrogen-bond acceptors (Lipinski definition) is 9. The monoisotopic (exact) mass is 584 g/mol. The highest BCUT2D eigenvalue weighted by atomic mass is 32.1. The van der Waals surface area contributed by atoms with Crippen molar-refractivity contribution in [3.63, 3.8) is 0 Å². The van der Waals surface area contributed by atoms with Gasteiger partial charge in [-0.15, -0.1) is 0 Å². The Balaban J connectivity index is 1.59. The van der Waals surface area contributed by atoms with Gasteiger partial charge in [-0.3, -0.25) is 14.5 Å². The molecule has 42 heavy (non-hydrogen) atoms. The van der Waals surface area contributed by atoms with Crippen LogP contribution in [0.25, 0.3) is 21.6 Å². The molecule has 5 aromatic rings. The summed E-state index contributed by atoms with van der Waals surface area (Å²) in [4.78, 5) is 38.2. The predicted molar refractivity (Wildman–Crippen MR) is 160 cm³/mol. The number of pyridine rings is 1. The standard InChI is InChI=1S/C31H28N4O6S/c1-6-41-19-10-11-20-23(15-19)42-31(32-20)35-26(18-9-12-21(39-4)22(14-18)40-5)24(28(37)30(35)38)27(36)25-17(3)34-13-7-8-16(2)29(34)33-25/h7-15,26,36H,6H2,1-5H3. The lowest BCUT2D eigenvalue weighted by atomic mass is 9.96. The summed E-state index contributed by atoms with van der Waals surface area (Å²) >= 11 is 1.26. The van der Waals surface area contributed by atoms with Crippen LogP contribution in [0.1, 0.15) is 35.5 Å². The Morgan fingerprint density at radius 1 is 1.02 bits per heavy atom. The number of ether oxygens (including phenoxy) is 3. The molecule has 1 aliphatic heterocycles. The average molecular weight is 585 g/mol. The van der Waals surface area contributed by atoms with E-state index in [2.05, 4.69) is 4.98 Å². The molecule has 11 heteroatoms. The molecule has 1 fully saturated rings. The number of fused-ring (bicyclic) bond motifs is 2. The first-order chi connectivity index (χ1) is 20.3. The summed E-state index contributed by atoms with van der Waals surface area (Å²) in [6.45, 7) is 6.13. The van der Waals surface area contributed by atoms with Crippen LogP contribution >= 0.6 is 11.3 Å². The number of aryl methyl sites for hydroxylation is 2. The number of methoxy groups -OCH3 is 2. The van der Waals surface area contributed by atoms with Gasteiger partial charge in [0.1, 0.15) is 17.1 Å². The van der Waals surface area contributed by atoms with E-state index in [0.29, 0.717) is 51.4 Å². The number of ketones is 1. The number of Topliss-reactive ketones (excluding diaryl/α,β-unsaturated/α-hetero) is 1. The molecule has 10 nitrogen and oxygen atoms in total. The number of amides is 1. The minimum atomic E-state index is -1.01. The maximum Gasteiger partial charge on any atom is 0.301 e.